The SMILES string of the molecule is Cc1c(Cl)cccc1-n1c(SC(C)C(=O)Nc2cccc(Cl)c2)nc2ccccc2c1=O. The summed E-state index contributed by atoms with van der Waals surface area (Å²) in [6, 6.07) is 19.5. The van der Waals surface area contributed by atoms with Gasteiger partial charge in [0, 0.05) is 15.7 Å². The molecule has 0 fully saturated rings. The summed E-state index contributed by atoms with van der Waals surface area (Å²) in [6.45, 7) is 3.62. The molecule has 0 radical (unpaired) electrons. The number of benzene rings is 3. The van der Waals surface area contributed by atoms with Crippen LogP contribution in [0.2, 0.25) is 10.0 Å². The van der Waals surface area contributed by atoms with E-state index in [-0.39, 0.29) is 11.5 Å². The zero-order chi connectivity index (χ0) is 22.8. The summed E-state index contributed by atoms with van der Waals surface area (Å²) in [5.74, 6) is -0.228. The van der Waals surface area contributed by atoms with Gasteiger partial charge < -0.3 is 5.32 Å². The van der Waals surface area contributed by atoms with E-state index in [1.165, 1.54) is 16.3 Å². The van der Waals surface area contributed by atoms with Crippen molar-refractivity contribution in [1.82, 2.24) is 9.55 Å². The predicted molar refractivity (Wildman–Crippen MR) is 132 cm³/mol. The van der Waals surface area contributed by atoms with Gasteiger partial charge in [-0.2, -0.15) is 0 Å². The van der Waals surface area contributed by atoms with Gasteiger partial charge in [-0.05, 0) is 61.9 Å². The highest BCUT2D eigenvalue weighted by Gasteiger charge is 2.21. The first-order valence-corrected chi connectivity index (χ1v) is 11.5. The number of carbonyl (C=O) groups excluding carboxylic acids is 1. The number of nitrogens with zero attached hydrogens (tertiary/aromatic N) is 2. The van der Waals surface area contributed by atoms with Crippen LogP contribution in [0, 0.1) is 6.92 Å². The number of rotatable bonds is 5. The summed E-state index contributed by atoms with van der Waals surface area (Å²) in [7, 11) is 0. The van der Waals surface area contributed by atoms with Crippen LogP contribution in [-0.2, 0) is 4.79 Å². The normalized spacial score (nSPS) is 12.0. The number of anilines is 1. The van der Waals surface area contributed by atoms with E-state index in [4.69, 9.17) is 28.2 Å². The minimum Gasteiger partial charge on any atom is -0.325 e. The van der Waals surface area contributed by atoms with Crippen molar-refractivity contribution in [2.24, 2.45) is 0 Å². The molecule has 0 aliphatic carbocycles. The summed E-state index contributed by atoms with van der Waals surface area (Å²) in [6.07, 6.45) is 0. The number of thioether (sulfide) groups is 1. The fourth-order valence-corrected chi connectivity index (χ4v) is 4.54. The quantitative estimate of drug-likeness (QED) is 0.274. The third kappa shape index (κ3) is 4.53. The van der Waals surface area contributed by atoms with Gasteiger partial charge in [-0.3, -0.25) is 14.2 Å². The van der Waals surface area contributed by atoms with Crippen molar-refractivity contribution in [3.63, 3.8) is 0 Å². The van der Waals surface area contributed by atoms with E-state index in [1.54, 1.807) is 61.5 Å². The van der Waals surface area contributed by atoms with Crippen LogP contribution < -0.4 is 10.9 Å². The summed E-state index contributed by atoms with van der Waals surface area (Å²) >= 11 is 13.5. The number of carbonyl (C=O) groups is 1. The van der Waals surface area contributed by atoms with Gasteiger partial charge in [-0.15, -0.1) is 0 Å². The van der Waals surface area contributed by atoms with Crippen LogP contribution in [0.15, 0.2) is 76.7 Å². The largest absolute Gasteiger partial charge is 0.325 e. The van der Waals surface area contributed by atoms with Crippen molar-refractivity contribution in [1.29, 1.82) is 0 Å². The molecule has 4 rings (SSSR count). The van der Waals surface area contributed by atoms with Gasteiger partial charge >= 0.3 is 0 Å². The Morgan fingerprint density at radius 3 is 2.59 bits per heavy atom. The first-order chi connectivity index (χ1) is 15.3. The lowest BCUT2D eigenvalue weighted by Crippen LogP contribution is -2.26. The maximum Gasteiger partial charge on any atom is 0.266 e. The molecule has 0 saturated carbocycles. The van der Waals surface area contributed by atoms with E-state index in [2.05, 4.69) is 5.32 Å². The average molecular weight is 484 g/mol. The van der Waals surface area contributed by atoms with Crippen molar-refractivity contribution in [2.45, 2.75) is 24.3 Å². The summed E-state index contributed by atoms with van der Waals surface area (Å²) in [5.41, 5.74) is 2.34. The molecule has 0 bridgehead atoms. The first kappa shape index (κ1) is 22.4. The van der Waals surface area contributed by atoms with Gasteiger partial charge in [-0.25, -0.2) is 4.98 Å². The second kappa shape index (κ2) is 9.36. The van der Waals surface area contributed by atoms with Crippen LogP contribution >= 0.6 is 35.0 Å². The van der Waals surface area contributed by atoms with Crippen molar-refractivity contribution >= 4 is 57.5 Å². The molecular formula is C24H19Cl2N3O2S. The Bertz CT molecular complexity index is 1390. The van der Waals surface area contributed by atoms with Crippen molar-refractivity contribution in [3.8, 4) is 5.69 Å². The average Bonchev–Trinajstić information content (AvgIpc) is 2.76. The summed E-state index contributed by atoms with van der Waals surface area (Å²) in [4.78, 5) is 31.0. The van der Waals surface area contributed by atoms with Crippen LogP contribution in [0.25, 0.3) is 16.6 Å². The maximum absolute atomic E-state index is 13.4. The van der Waals surface area contributed by atoms with E-state index in [1.807, 2.05) is 19.1 Å². The molecule has 1 N–H and O–H groups in total. The lowest BCUT2D eigenvalue weighted by molar-refractivity contribution is -0.115. The van der Waals surface area contributed by atoms with Crippen LogP contribution in [0.3, 0.4) is 0 Å². The standard InChI is InChI=1S/C24H19Cl2N3O2S/c1-14-19(26)10-6-12-21(14)29-23(31)18-9-3-4-11-20(18)28-24(29)32-15(2)22(30)27-17-8-5-7-16(25)13-17/h3-13,15H,1-2H3,(H,27,30). The Balaban J connectivity index is 1.76. The number of aromatic nitrogens is 2. The molecule has 3 aromatic carbocycles. The fourth-order valence-electron chi connectivity index (χ4n) is 3.26. The van der Waals surface area contributed by atoms with E-state index >= 15 is 0 Å². The highest BCUT2D eigenvalue weighted by Crippen LogP contribution is 2.29. The van der Waals surface area contributed by atoms with Crippen LogP contribution in [-0.4, -0.2) is 20.7 Å². The number of halogens is 2. The predicted octanol–water partition coefficient (Wildman–Crippen LogP) is 6.12. The topological polar surface area (TPSA) is 64.0 Å². The molecule has 32 heavy (non-hydrogen) atoms. The Kier molecular flexibility index (Phi) is 6.55. The molecule has 1 amide bonds. The minimum atomic E-state index is -0.534. The van der Waals surface area contributed by atoms with Crippen LogP contribution in [0.4, 0.5) is 5.69 Å². The number of nitrogens with one attached hydrogen (secondary N) is 1. The number of para-hydroxylation sites is 1. The zero-order valence-electron chi connectivity index (χ0n) is 17.3. The Morgan fingerprint density at radius 2 is 1.81 bits per heavy atom. The molecule has 8 heteroatoms. The van der Waals surface area contributed by atoms with Crippen molar-refractivity contribution < 1.29 is 4.79 Å². The molecule has 0 aliphatic heterocycles. The smallest absolute Gasteiger partial charge is 0.266 e. The van der Waals surface area contributed by atoms with Crippen molar-refractivity contribution in [2.75, 3.05) is 5.32 Å². The molecule has 1 atom stereocenters. The molecule has 5 nitrogen and oxygen atoms in total. The fraction of sp³-hybridized carbons (Fsp3) is 0.125. The van der Waals surface area contributed by atoms with Gasteiger partial charge in [0.1, 0.15) is 0 Å². The summed E-state index contributed by atoms with van der Waals surface area (Å²) < 4.78 is 1.53. The van der Waals surface area contributed by atoms with E-state index < -0.39 is 5.25 Å². The molecule has 0 aliphatic rings. The second-order valence-electron chi connectivity index (χ2n) is 7.20. The molecule has 4 aromatic rings. The number of hydrogen-bond donors (Lipinski definition) is 1. The van der Waals surface area contributed by atoms with E-state index in [0.717, 1.165) is 5.56 Å². The highest BCUT2D eigenvalue weighted by molar-refractivity contribution is 8.00. The molecule has 0 spiro atoms. The Hall–Kier alpha value is -2.80. The van der Waals surface area contributed by atoms with Gasteiger partial charge in [0.05, 0.1) is 21.8 Å². The van der Waals surface area contributed by atoms with Crippen molar-refractivity contribution in [3.05, 3.63) is 92.7 Å². The minimum absolute atomic E-state index is 0.217. The second-order valence-corrected chi connectivity index (χ2v) is 9.35. The molecule has 162 valence electrons. The summed E-state index contributed by atoms with van der Waals surface area (Å²) in [5, 5.41) is 4.30. The van der Waals surface area contributed by atoms with Gasteiger partial charge in [0.25, 0.3) is 5.56 Å². The third-order valence-electron chi connectivity index (χ3n) is 4.97. The third-order valence-corrected chi connectivity index (χ3v) is 6.67. The molecule has 1 aromatic heterocycles. The highest BCUT2D eigenvalue weighted by atomic mass is 35.5. The number of fused-ring (bicyclic) bond motifs is 1. The first-order valence-electron chi connectivity index (χ1n) is 9.85. The Labute approximate surface area is 199 Å². The number of hydrogen-bond acceptors (Lipinski definition) is 4. The molecule has 1 heterocycles. The van der Waals surface area contributed by atoms with E-state index in [0.29, 0.717) is 37.5 Å². The zero-order valence-corrected chi connectivity index (χ0v) is 19.6. The molecular weight excluding hydrogens is 465 g/mol. The van der Waals surface area contributed by atoms with Gasteiger partial charge in [-0.1, -0.05) is 59.2 Å². The van der Waals surface area contributed by atoms with Crippen LogP contribution in [0.1, 0.15) is 12.5 Å². The lowest BCUT2D eigenvalue weighted by atomic mass is 10.2. The molecule has 1 unspecified atom stereocenters. The number of amides is 1. The Morgan fingerprint density at radius 1 is 1.06 bits per heavy atom. The maximum atomic E-state index is 13.4. The van der Waals surface area contributed by atoms with Gasteiger partial charge in [0.2, 0.25) is 5.91 Å². The lowest BCUT2D eigenvalue weighted by Gasteiger charge is -2.18. The van der Waals surface area contributed by atoms with Gasteiger partial charge in [0.15, 0.2) is 5.16 Å². The van der Waals surface area contributed by atoms with E-state index in [9.17, 15) is 9.59 Å². The van der Waals surface area contributed by atoms with Crippen LogP contribution in [0.5, 0.6) is 0 Å². The monoisotopic (exact) mass is 483 g/mol. The molecule has 0 saturated heterocycles.